The molecule has 8 nitrogen and oxygen atoms in total. The van der Waals surface area contributed by atoms with Gasteiger partial charge in [0.2, 0.25) is 5.75 Å². The Kier molecular flexibility index (Phi) is 6.29. The topological polar surface area (TPSA) is 114 Å². The second kappa shape index (κ2) is 8.43. The Morgan fingerprint density at radius 2 is 2.04 bits per heavy atom. The maximum atomic E-state index is 11.8. The van der Waals surface area contributed by atoms with Gasteiger partial charge in [-0.15, -0.1) is 0 Å². The molecule has 2 aromatic carbocycles. The van der Waals surface area contributed by atoms with Crippen LogP contribution < -0.4 is 10.2 Å². The molecule has 0 bridgehead atoms. The number of aryl methyl sites for hydroxylation is 2. The van der Waals surface area contributed by atoms with Crippen molar-refractivity contribution < 1.29 is 19.6 Å². The predicted octanol–water partition coefficient (Wildman–Crippen LogP) is 3.21. The molecule has 9 heteroatoms. The highest BCUT2D eigenvalue weighted by Crippen LogP contribution is 2.32. The SMILES string of the molecule is Cc1cccc(C)c1OCC(=O)NN=Cc1cc(Br)cc([N+](=O)[O-])c1O. The van der Waals surface area contributed by atoms with Gasteiger partial charge in [-0.3, -0.25) is 14.9 Å². The van der Waals surface area contributed by atoms with Gasteiger partial charge in [0, 0.05) is 16.1 Å². The molecule has 0 aliphatic rings. The fourth-order valence-corrected chi connectivity index (χ4v) is 2.68. The third kappa shape index (κ3) is 4.79. The van der Waals surface area contributed by atoms with Crippen LogP contribution in [-0.2, 0) is 4.79 Å². The molecule has 0 radical (unpaired) electrons. The fraction of sp³-hybridized carbons (Fsp3) is 0.176. The van der Waals surface area contributed by atoms with E-state index < -0.39 is 22.3 Å². The van der Waals surface area contributed by atoms with Crippen LogP contribution in [-0.4, -0.2) is 28.8 Å². The highest BCUT2D eigenvalue weighted by molar-refractivity contribution is 9.10. The van der Waals surface area contributed by atoms with E-state index in [9.17, 15) is 20.0 Å². The number of amides is 1. The fourth-order valence-electron chi connectivity index (χ4n) is 2.21. The van der Waals surface area contributed by atoms with Crippen LogP contribution in [0.1, 0.15) is 16.7 Å². The molecule has 0 unspecified atom stereocenters. The number of benzene rings is 2. The van der Waals surface area contributed by atoms with Crippen molar-refractivity contribution in [2.45, 2.75) is 13.8 Å². The Balaban J connectivity index is 2.00. The maximum absolute atomic E-state index is 11.8. The highest BCUT2D eigenvalue weighted by atomic mass is 79.9. The molecule has 136 valence electrons. The highest BCUT2D eigenvalue weighted by Gasteiger charge is 2.17. The second-order valence-electron chi connectivity index (χ2n) is 5.42. The molecule has 0 spiro atoms. The average molecular weight is 422 g/mol. The number of ether oxygens (including phenoxy) is 1. The lowest BCUT2D eigenvalue weighted by Crippen LogP contribution is -2.25. The second-order valence-corrected chi connectivity index (χ2v) is 6.34. The minimum absolute atomic E-state index is 0.0852. The van der Waals surface area contributed by atoms with E-state index in [0.29, 0.717) is 10.2 Å². The molecule has 0 saturated carbocycles. The first-order valence-corrected chi connectivity index (χ1v) is 8.26. The summed E-state index contributed by atoms with van der Waals surface area (Å²) in [6, 6.07) is 8.25. The summed E-state index contributed by atoms with van der Waals surface area (Å²) < 4.78 is 5.89. The first kappa shape index (κ1) is 19.4. The summed E-state index contributed by atoms with van der Waals surface area (Å²) in [5, 5.41) is 24.4. The van der Waals surface area contributed by atoms with Gasteiger partial charge in [-0.1, -0.05) is 34.1 Å². The molecule has 0 heterocycles. The summed E-state index contributed by atoms with van der Waals surface area (Å²) in [5.41, 5.74) is 3.68. The van der Waals surface area contributed by atoms with Crippen LogP contribution in [0.3, 0.4) is 0 Å². The number of hydrogen-bond acceptors (Lipinski definition) is 6. The smallest absolute Gasteiger partial charge is 0.312 e. The van der Waals surface area contributed by atoms with Crippen molar-refractivity contribution in [2.24, 2.45) is 5.10 Å². The Morgan fingerprint density at radius 3 is 2.65 bits per heavy atom. The number of nitrogens with one attached hydrogen (secondary N) is 1. The van der Waals surface area contributed by atoms with Crippen molar-refractivity contribution in [3.8, 4) is 11.5 Å². The summed E-state index contributed by atoms with van der Waals surface area (Å²) in [6.45, 7) is 3.51. The maximum Gasteiger partial charge on any atom is 0.312 e. The molecule has 1 amide bonds. The van der Waals surface area contributed by atoms with Crippen LogP contribution in [0.15, 0.2) is 39.9 Å². The van der Waals surface area contributed by atoms with Crippen LogP contribution in [0, 0.1) is 24.0 Å². The van der Waals surface area contributed by atoms with E-state index in [1.807, 2.05) is 32.0 Å². The van der Waals surface area contributed by atoms with Gasteiger partial charge in [0.25, 0.3) is 5.91 Å². The Bertz CT molecular complexity index is 863. The van der Waals surface area contributed by atoms with Gasteiger partial charge in [0.05, 0.1) is 11.1 Å². The summed E-state index contributed by atoms with van der Waals surface area (Å²) in [5.74, 6) is -0.414. The average Bonchev–Trinajstić information content (AvgIpc) is 2.57. The minimum Gasteiger partial charge on any atom is -0.502 e. The Hall–Kier alpha value is -2.94. The van der Waals surface area contributed by atoms with Gasteiger partial charge >= 0.3 is 5.69 Å². The van der Waals surface area contributed by atoms with E-state index in [2.05, 4.69) is 26.5 Å². The molecule has 0 atom stereocenters. The van der Waals surface area contributed by atoms with E-state index in [4.69, 9.17) is 4.74 Å². The number of phenolic OH excluding ortho intramolecular Hbond substituents is 1. The van der Waals surface area contributed by atoms with Crippen molar-refractivity contribution in [1.82, 2.24) is 5.43 Å². The number of nitro groups is 1. The lowest BCUT2D eigenvalue weighted by molar-refractivity contribution is -0.385. The number of hydrazone groups is 1. The lowest BCUT2D eigenvalue weighted by atomic mass is 10.1. The van der Waals surface area contributed by atoms with Gasteiger partial charge in [-0.2, -0.15) is 5.10 Å². The molecular weight excluding hydrogens is 406 g/mol. The number of para-hydroxylation sites is 1. The minimum atomic E-state index is -0.714. The van der Waals surface area contributed by atoms with E-state index in [1.165, 1.54) is 12.1 Å². The Labute approximate surface area is 157 Å². The summed E-state index contributed by atoms with van der Waals surface area (Å²) in [7, 11) is 0. The zero-order chi connectivity index (χ0) is 19.3. The molecule has 2 N–H and O–H groups in total. The van der Waals surface area contributed by atoms with Gasteiger partial charge in [-0.25, -0.2) is 5.43 Å². The predicted molar refractivity (Wildman–Crippen MR) is 99.6 cm³/mol. The van der Waals surface area contributed by atoms with Gasteiger partial charge < -0.3 is 9.84 Å². The van der Waals surface area contributed by atoms with Crippen molar-refractivity contribution >= 4 is 33.7 Å². The molecule has 0 aliphatic carbocycles. The van der Waals surface area contributed by atoms with Crippen LogP contribution in [0.2, 0.25) is 0 Å². The third-order valence-corrected chi connectivity index (χ3v) is 3.89. The zero-order valence-electron chi connectivity index (χ0n) is 14.0. The molecule has 0 saturated heterocycles. The van der Waals surface area contributed by atoms with Gasteiger partial charge in [-0.05, 0) is 31.0 Å². The molecule has 0 aliphatic heterocycles. The zero-order valence-corrected chi connectivity index (χ0v) is 15.6. The lowest BCUT2D eigenvalue weighted by Gasteiger charge is -2.10. The first-order valence-electron chi connectivity index (χ1n) is 7.47. The molecule has 0 fully saturated rings. The number of carbonyl (C=O) groups excluding carboxylic acids is 1. The standard InChI is InChI=1S/C17H16BrN3O5/c1-10-4-3-5-11(2)17(10)26-9-15(22)20-19-8-12-6-13(18)7-14(16(12)23)21(24)25/h3-8,23H,9H2,1-2H3,(H,20,22). The van der Waals surface area contributed by atoms with Crippen molar-refractivity contribution in [1.29, 1.82) is 0 Å². The number of nitro benzene ring substituents is 1. The van der Waals surface area contributed by atoms with Crippen LogP contribution in [0.4, 0.5) is 5.69 Å². The number of nitrogens with zero attached hydrogens (tertiary/aromatic N) is 2. The third-order valence-electron chi connectivity index (χ3n) is 3.43. The van der Waals surface area contributed by atoms with Crippen molar-refractivity contribution in [3.05, 3.63) is 61.6 Å². The van der Waals surface area contributed by atoms with Gasteiger partial charge in [0.1, 0.15) is 5.75 Å². The molecule has 0 aromatic heterocycles. The molecule has 2 rings (SSSR count). The number of hydrogen-bond donors (Lipinski definition) is 2. The van der Waals surface area contributed by atoms with Crippen molar-refractivity contribution in [3.63, 3.8) is 0 Å². The summed E-state index contributed by atoms with van der Waals surface area (Å²) in [6.07, 6.45) is 1.12. The van der Waals surface area contributed by atoms with Gasteiger partial charge in [0.15, 0.2) is 6.61 Å². The molecule has 2 aromatic rings. The van der Waals surface area contributed by atoms with Crippen LogP contribution >= 0.6 is 15.9 Å². The van der Waals surface area contributed by atoms with Crippen LogP contribution in [0.25, 0.3) is 0 Å². The van der Waals surface area contributed by atoms with E-state index in [1.54, 1.807) is 0 Å². The molecular formula is C17H16BrN3O5. The Morgan fingerprint density at radius 1 is 1.38 bits per heavy atom. The number of carbonyl (C=O) groups is 1. The first-order chi connectivity index (χ1) is 12.3. The van der Waals surface area contributed by atoms with Crippen molar-refractivity contribution in [2.75, 3.05) is 6.61 Å². The number of halogens is 1. The van der Waals surface area contributed by atoms with E-state index in [0.717, 1.165) is 17.3 Å². The van der Waals surface area contributed by atoms with E-state index in [-0.39, 0.29) is 12.2 Å². The summed E-state index contributed by atoms with van der Waals surface area (Å²) in [4.78, 5) is 22.0. The molecule has 26 heavy (non-hydrogen) atoms. The normalized spacial score (nSPS) is 10.7. The number of rotatable bonds is 6. The number of phenols is 1. The largest absolute Gasteiger partial charge is 0.502 e. The van der Waals surface area contributed by atoms with Crippen LogP contribution in [0.5, 0.6) is 11.5 Å². The monoisotopic (exact) mass is 421 g/mol. The summed E-state index contributed by atoms with van der Waals surface area (Å²) >= 11 is 3.12. The quantitative estimate of drug-likeness (QED) is 0.422. The number of aromatic hydroxyl groups is 1. The van der Waals surface area contributed by atoms with E-state index >= 15 is 0 Å².